The van der Waals surface area contributed by atoms with E-state index >= 15 is 0 Å². The number of fused-ring (bicyclic) bond motifs is 1. The number of ether oxygens (including phenoxy) is 7. The van der Waals surface area contributed by atoms with Crippen molar-refractivity contribution in [2.75, 3.05) is 92.4 Å². The fourth-order valence-corrected chi connectivity index (χ4v) is 6.31. The van der Waals surface area contributed by atoms with Crippen LogP contribution in [0.25, 0.3) is 0 Å². The van der Waals surface area contributed by atoms with Gasteiger partial charge in [-0.1, -0.05) is 37.3 Å². The van der Waals surface area contributed by atoms with Gasteiger partial charge in [0.15, 0.2) is 0 Å². The summed E-state index contributed by atoms with van der Waals surface area (Å²) in [7, 11) is 6.82. The second-order valence-electron chi connectivity index (χ2n) is 14.7. The lowest BCUT2D eigenvalue weighted by Crippen LogP contribution is -2.58. The molecule has 12 heteroatoms. The molecule has 2 amide bonds. The summed E-state index contributed by atoms with van der Waals surface area (Å²) < 4.78 is 41.7. The summed E-state index contributed by atoms with van der Waals surface area (Å²) in [6.45, 7) is 13.0. The molecular formula is C39H59N3O9. The first-order valence-corrected chi connectivity index (χ1v) is 17.9. The van der Waals surface area contributed by atoms with Crippen LogP contribution in [0.15, 0.2) is 42.5 Å². The Balaban J connectivity index is 1.63. The van der Waals surface area contributed by atoms with Crippen molar-refractivity contribution in [3.05, 3.63) is 59.2 Å². The molecule has 1 fully saturated rings. The molecule has 1 saturated heterocycles. The van der Waals surface area contributed by atoms with E-state index in [0.717, 1.165) is 47.6 Å². The maximum atomic E-state index is 13.4. The first-order valence-electron chi connectivity index (χ1n) is 17.9. The van der Waals surface area contributed by atoms with Crippen LogP contribution in [-0.4, -0.2) is 121 Å². The summed E-state index contributed by atoms with van der Waals surface area (Å²) in [5.41, 5.74) is 2.17. The van der Waals surface area contributed by atoms with Gasteiger partial charge in [0.1, 0.15) is 36.3 Å². The predicted molar refractivity (Wildman–Crippen MR) is 195 cm³/mol. The van der Waals surface area contributed by atoms with Crippen LogP contribution in [0.2, 0.25) is 0 Å². The number of hydrogen-bond donors (Lipinski definition) is 0. The Labute approximate surface area is 304 Å². The monoisotopic (exact) mass is 713 g/mol. The number of carbonyl (C=O) groups is 2. The quantitative estimate of drug-likeness (QED) is 0.202. The highest BCUT2D eigenvalue weighted by molar-refractivity contribution is 5.76. The topological polar surface area (TPSA) is 108 Å². The molecule has 0 aliphatic carbocycles. The highest BCUT2D eigenvalue weighted by Crippen LogP contribution is 2.41. The van der Waals surface area contributed by atoms with Gasteiger partial charge in [-0.2, -0.15) is 0 Å². The lowest BCUT2D eigenvalue weighted by atomic mass is 9.81. The molecule has 4 rings (SSSR count). The summed E-state index contributed by atoms with van der Waals surface area (Å²) in [6.07, 6.45) is 0.258. The molecule has 284 valence electrons. The summed E-state index contributed by atoms with van der Waals surface area (Å²) in [5, 5.41) is 0. The Morgan fingerprint density at radius 3 is 2.43 bits per heavy atom. The molecule has 0 saturated carbocycles. The van der Waals surface area contributed by atoms with Crippen molar-refractivity contribution in [3.63, 3.8) is 0 Å². The average Bonchev–Trinajstić information content (AvgIpc) is 3.09. The van der Waals surface area contributed by atoms with E-state index in [2.05, 4.69) is 17.9 Å². The molecule has 0 spiro atoms. The van der Waals surface area contributed by atoms with Crippen molar-refractivity contribution in [1.29, 1.82) is 0 Å². The zero-order chi connectivity index (χ0) is 37.0. The number of piperidine rings is 1. The van der Waals surface area contributed by atoms with E-state index in [1.807, 2.05) is 57.2 Å². The normalized spacial score (nSPS) is 19.6. The van der Waals surface area contributed by atoms with E-state index in [9.17, 15) is 9.59 Å². The maximum absolute atomic E-state index is 13.4. The van der Waals surface area contributed by atoms with Crippen LogP contribution in [0.4, 0.5) is 10.5 Å². The van der Waals surface area contributed by atoms with Gasteiger partial charge in [-0.25, -0.2) is 4.79 Å². The molecule has 51 heavy (non-hydrogen) atoms. The smallest absolute Gasteiger partial charge is 0.410 e. The number of anilines is 1. The summed E-state index contributed by atoms with van der Waals surface area (Å²) in [4.78, 5) is 31.8. The second-order valence-corrected chi connectivity index (χ2v) is 14.7. The van der Waals surface area contributed by atoms with Gasteiger partial charge in [0.2, 0.25) is 5.91 Å². The van der Waals surface area contributed by atoms with Crippen LogP contribution in [0.1, 0.15) is 57.2 Å². The van der Waals surface area contributed by atoms with Crippen LogP contribution in [0, 0.1) is 5.92 Å². The predicted octanol–water partition coefficient (Wildman–Crippen LogP) is 5.25. The van der Waals surface area contributed by atoms with E-state index in [4.69, 9.17) is 33.2 Å². The molecule has 2 aromatic carbocycles. The number of amides is 2. The fourth-order valence-electron chi connectivity index (χ4n) is 6.31. The van der Waals surface area contributed by atoms with Gasteiger partial charge < -0.3 is 47.9 Å². The number of likely N-dealkylation sites (tertiary alicyclic amines) is 1. The minimum Gasteiger partial charge on any atom is -0.490 e. The van der Waals surface area contributed by atoms with Crippen molar-refractivity contribution < 1.29 is 42.7 Å². The van der Waals surface area contributed by atoms with Crippen molar-refractivity contribution in [2.45, 2.75) is 71.1 Å². The largest absolute Gasteiger partial charge is 0.490 e. The first-order chi connectivity index (χ1) is 24.3. The highest BCUT2D eigenvalue weighted by Gasteiger charge is 2.48. The second kappa shape index (κ2) is 18.9. The summed E-state index contributed by atoms with van der Waals surface area (Å²) in [5.74, 6) is 0.962. The third-order valence-corrected chi connectivity index (χ3v) is 9.04. The van der Waals surface area contributed by atoms with Gasteiger partial charge in [-0.15, -0.1) is 0 Å². The third kappa shape index (κ3) is 11.5. The summed E-state index contributed by atoms with van der Waals surface area (Å²) in [6, 6.07) is 14.2. The molecule has 0 unspecified atom stereocenters. The Bertz CT molecular complexity index is 1400. The van der Waals surface area contributed by atoms with Crippen LogP contribution in [0.5, 0.6) is 5.75 Å². The lowest BCUT2D eigenvalue weighted by Gasteiger charge is -2.47. The van der Waals surface area contributed by atoms with Gasteiger partial charge in [-0.05, 0) is 56.0 Å². The zero-order valence-electron chi connectivity index (χ0n) is 31.9. The molecule has 0 radical (unpaired) electrons. The van der Waals surface area contributed by atoms with Gasteiger partial charge in [0.05, 0.1) is 45.2 Å². The number of hydrogen-bond acceptors (Lipinski definition) is 10. The number of nitrogens with zero attached hydrogens (tertiary/aromatic N) is 3. The number of carbonyl (C=O) groups excluding carboxylic acids is 2. The number of benzene rings is 2. The minimum atomic E-state index is -1.03. The van der Waals surface area contributed by atoms with E-state index < -0.39 is 23.4 Å². The molecule has 2 aromatic rings. The minimum absolute atomic E-state index is 0.145. The van der Waals surface area contributed by atoms with Crippen LogP contribution < -0.4 is 9.64 Å². The Hall–Kier alpha value is -3.42. The van der Waals surface area contributed by atoms with E-state index in [-0.39, 0.29) is 31.6 Å². The molecule has 2 aliphatic heterocycles. The molecule has 3 atom stereocenters. The Morgan fingerprint density at radius 1 is 1.00 bits per heavy atom. The van der Waals surface area contributed by atoms with Gasteiger partial charge >= 0.3 is 6.09 Å². The van der Waals surface area contributed by atoms with E-state index in [1.54, 1.807) is 33.2 Å². The molecule has 0 bridgehead atoms. The van der Waals surface area contributed by atoms with Crippen molar-refractivity contribution in [1.82, 2.24) is 9.80 Å². The van der Waals surface area contributed by atoms with E-state index in [1.165, 1.54) is 4.90 Å². The lowest BCUT2D eigenvalue weighted by molar-refractivity contribution is -0.190. The van der Waals surface area contributed by atoms with Crippen LogP contribution in [0.3, 0.4) is 0 Å². The van der Waals surface area contributed by atoms with Crippen molar-refractivity contribution >= 4 is 17.7 Å². The standard InChI is InChI=1S/C39H59N3O9/c1-29(24-46-8)25-47-26-30-10-13-32(14-11-30)39(50-28-36(43)40(5)6)16-18-42(37(44)51-38(2,3)4)23-35(39)49-27-31-12-15-34-33(22-31)41(19-21-48-34)17-9-20-45-7/h10-15,22,29,35H,9,16-21,23-28H2,1-8H3/t29-,35-,39-/m0/s1. The van der Waals surface area contributed by atoms with E-state index in [0.29, 0.717) is 46.0 Å². The molecular weight excluding hydrogens is 654 g/mol. The van der Waals surface area contributed by atoms with Gasteiger partial charge in [0.25, 0.3) is 0 Å². The maximum Gasteiger partial charge on any atom is 0.410 e. The number of likely N-dealkylation sites (N-methyl/N-ethyl adjacent to an activating group) is 1. The SMILES string of the molecule is COCCCN1CCOc2ccc(CO[C@H]3CN(C(=O)OC(C)(C)C)CC[C@]3(OCC(=O)N(C)C)c3ccc(COC[C@@H](C)COC)cc3)cc21. The van der Waals surface area contributed by atoms with Crippen molar-refractivity contribution in [3.8, 4) is 5.75 Å². The first kappa shape index (κ1) is 40.4. The zero-order valence-corrected chi connectivity index (χ0v) is 31.9. The van der Waals surface area contributed by atoms with Gasteiger partial charge in [-0.3, -0.25) is 4.79 Å². The van der Waals surface area contributed by atoms with Crippen LogP contribution >= 0.6 is 0 Å². The molecule has 2 heterocycles. The fraction of sp³-hybridized carbons (Fsp3) is 0.641. The highest BCUT2D eigenvalue weighted by atomic mass is 16.6. The average molecular weight is 714 g/mol. The molecule has 0 N–H and O–H groups in total. The Morgan fingerprint density at radius 2 is 1.75 bits per heavy atom. The van der Waals surface area contributed by atoms with Crippen LogP contribution in [-0.2, 0) is 52.0 Å². The number of rotatable bonds is 17. The summed E-state index contributed by atoms with van der Waals surface area (Å²) >= 11 is 0. The third-order valence-electron chi connectivity index (χ3n) is 9.04. The Kier molecular flexibility index (Phi) is 14.9. The molecule has 0 aromatic heterocycles. The number of methoxy groups -OCH3 is 2. The molecule has 12 nitrogen and oxygen atoms in total. The molecule has 2 aliphatic rings. The van der Waals surface area contributed by atoms with Crippen molar-refractivity contribution in [2.24, 2.45) is 5.92 Å². The van der Waals surface area contributed by atoms with Gasteiger partial charge in [0, 0.05) is 60.4 Å².